The zero-order valence-corrected chi connectivity index (χ0v) is 13.3. The maximum Gasteiger partial charge on any atom is 0.228 e. The number of benzene rings is 2. The molecule has 2 aromatic carbocycles. The van der Waals surface area contributed by atoms with Crippen LogP contribution in [0.1, 0.15) is 16.7 Å². The van der Waals surface area contributed by atoms with Gasteiger partial charge in [0.2, 0.25) is 5.91 Å². The molecule has 0 aliphatic heterocycles. The molecule has 0 unspecified atom stereocenters. The molecule has 0 saturated heterocycles. The van der Waals surface area contributed by atoms with Gasteiger partial charge in [-0.25, -0.2) is 4.68 Å². The van der Waals surface area contributed by atoms with E-state index in [-0.39, 0.29) is 5.91 Å². The van der Waals surface area contributed by atoms with E-state index in [1.165, 1.54) is 5.56 Å². The van der Waals surface area contributed by atoms with E-state index in [0.717, 1.165) is 22.5 Å². The van der Waals surface area contributed by atoms with Gasteiger partial charge in [-0.3, -0.25) is 4.79 Å². The largest absolute Gasteiger partial charge is 0.326 e. The number of nitrogens with zero attached hydrogens (tertiary/aromatic N) is 2. The van der Waals surface area contributed by atoms with Crippen LogP contribution in [0.15, 0.2) is 60.9 Å². The number of aromatic nitrogens is 2. The Morgan fingerprint density at radius 2 is 1.91 bits per heavy atom. The Morgan fingerprint density at radius 1 is 1.13 bits per heavy atom. The second kappa shape index (κ2) is 6.48. The number of anilines is 1. The molecule has 0 aliphatic carbocycles. The standard InChI is InChI=1S/C19H19N3O/c1-14-8-9-18(15(2)10-14)21-19(23)11-16-12-20-22(13-16)17-6-4-3-5-7-17/h3-10,12-13H,11H2,1-2H3,(H,21,23). The lowest BCUT2D eigenvalue weighted by Crippen LogP contribution is -2.14. The van der Waals surface area contributed by atoms with Gasteiger partial charge >= 0.3 is 0 Å². The van der Waals surface area contributed by atoms with Gasteiger partial charge in [0, 0.05) is 11.9 Å². The summed E-state index contributed by atoms with van der Waals surface area (Å²) in [6.07, 6.45) is 3.92. The molecule has 116 valence electrons. The van der Waals surface area contributed by atoms with E-state index in [4.69, 9.17) is 0 Å². The van der Waals surface area contributed by atoms with Crippen LogP contribution in [0.25, 0.3) is 5.69 Å². The van der Waals surface area contributed by atoms with Crippen molar-refractivity contribution >= 4 is 11.6 Å². The molecule has 4 heteroatoms. The van der Waals surface area contributed by atoms with Crippen LogP contribution < -0.4 is 5.32 Å². The quantitative estimate of drug-likeness (QED) is 0.799. The Bertz CT molecular complexity index is 822. The highest BCUT2D eigenvalue weighted by atomic mass is 16.1. The van der Waals surface area contributed by atoms with Gasteiger partial charge in [0.15, 0.2) is 0 Å². The minimum Gasteiger partial charge on any atom is -0.326 e. The summed E-state index contributed by atoms with van der Waals surface area (Å²) in [6, 6.07) is 15.8. The summed E-state index contributed by atoms with van der Waals surface area (Å²) < 4.78 is 1.78. The minimum absolute atomic E-state index is 0.0374. The topological polar surface area (TPSA) is 46.9 Å². The average Bonchev–Trinajstić information content (AvgIpc) is 2.99. The molecule has 0 saturated carbocycles. The van der Waals surface area contributed by atoms with E-state index in [1.54, 1.807) is 10.9 Å². The fourth-order valence-corrected chi connectivity index (χ4v) is 2.51. The first kappa shape index (κ1) is 15.0. The van der Waals surface area contributed by atoms with Crippen LogP contribution in [0.4, 0.5) is 5.69 Å². The Hall–Kier alpha value is -2.88. The Morgan fingerprint density at radius 3 is 2.65 bits per heavy atom. The zero-order valence-electron chi connectivity index (χ0n) is 13.3. The van der Waals surface area contributed by atoms with Crippen molar-refractivity contribution in [3.8, 4) is 5.69 Å². The van der Waals surface area contributed by atoms with Gasteiger partial charge in [-0.15, -0.1) is 0 Å². The number of amides is 1. The number of nitrogens with one attached hydrogen (secondary N) is 1. The third kappa shape index (κ3) is 3.66. The number of aryl methyl sites for hydroxylation is 2. The van der Waals surface area contributed by atoms with E-state index in [9.17, 15) is 4.79 Å². The molecular weight excluding hydrogens is 286 g/mol. The third-order valence-corrected chi connectivity index (χ3v) is 3.68. The lowest BCUT2D eigenvalue weighted by Gasteiger charge is -2.08. The van der Waals surface area contributed by atoms with E-state index in [2.05, 4.69) is 16.5 Å². The summed E-state index contributed by atoms with van der Waals surface area (Å²) >= 11 is 0. The molecule has 0 spiro atoms. The number of hydrogen-bond donors (Lipinski definition) is 1. The number of carbonyl (C=O) groups is 1. The van der Waals surface area contributed by atoms with Crippen LogP contribution in [-0.4, -0.2) is 15.7 Å². The summed E-state index contributed by atoms with van der Waals surface area (Å²) in [5.41, 5.74) is 4.98. The van der Waals surface area contributed by atoms with Crippen LogP contribution >= 0.6 is 0 Å². The third-order valence-electron chi connectivity index (χ3n) is 3.68. The fourth-order valence-electron chi connectivity index (χ4n) is 2.51. The van der Waals surface area contributed by atoms with Gasteiger partial charge in [-0.1, -0.05) is 35.9 Å². The van der Waals surface area contributed by atoms with Gasteiger partial charge in [0.1, 0.15) is 0 Å². The van der Waals surface area contributed by atoms with Crippen molar-refractivity contribution in [2.24, 2.45) is 0 Å². The molecule has 0 aliphatic rings. The average molecular weight is 305 g/mol. The minimum atomic E-state index is -0.0374. The molecule has 0 fully saturated rings. The zero-order chi connectivity index (χ0) is 16.2. The predicted molar refractivity (Wildman–Crippen MR) is 91.8 cm³/mol. The van der Waals surface area contributed by atoms with Crippen molar-refractivity contribution in [3.05, 3.63) is 77.6 Å². The van der Waals surface area contributed by atoms with E-state index < -0.39 is 0 Å². The van der Waals surface area contributed by atoms with Crippen molar-refractivity contribution in [3.63, 3.8) is 0 Å². The molecule has 0 radical (unpaired) electrons. The maximum absolute atomic E-state index is 12.2. The summed E-state index contributed by atoms with van der Waals surface area (Å²) in [4.78, 5) is 12.2. The highest BCUT2D eigenvalue weighted by Crippen LogP contribution is 2.16. The number of rotatable bonds is 4. The van der Waals surface area contributed by atoms with Gasteiger partial charge in [-0.2, -0.15) is 5.10 Å². The number of para-hydroxylation sites is 1. The van der Waals surface area contributed by atoms with Crippen molar-refractivity contribution < 1.29 is 4.79 Å². The Kier molecular flexibility index (Phi) is 4.24. The van der Waals surface area contributed by atoms with E-state index in [0.29, 0.717) is 6.42 Å². The second-order valence-electron chi connectivity index (χ2n) is 5.67. The lowest BCUT2D eigenvalue weighted by atomic mass is 10.1. The van der Waals surface area contributed by atoms with Crippen LogP contribution in [0.5, 0.6) is 0 Å². The van der Waals surface area contributed by atoms with Gasteiger partial charge in [0.05, 0.1) is 18.3 Å². The molecule has 4 nitrogen and oxygen atoms in total. The summed E-state index contributed by atoms with van der Waals surface area (Å²) in [7, 11) is 0. The van der Waals surface area contributed by atoms with Crippen molar-refractivity contribution in [1.29, 1.82) is 0 Å². The van der Waals surface area contributed by atoms with Crippen LogP contribution in [0.3, 0.4) is 0 Å². The smallest absolute Gasteiger partial charge is 0.228 e. The van der Waals surface area contributed by atoms with Gasteiger partial charge in [0.25, 0.3) is 0 Å². The molecule has 3 rings (SSSR count). The maximum atomic E-state index is 12.2. The second-order valence-corrected chi connectivity index (χ2v) is 5.67. The fraction of sp³-hybridized carbons (Fsp3) is 0.158. The van der Waals surface area contributed by atoms with Crippen LogP contribution in [-0.2, 0) is 11.2 Å². The SMILES string of the molecule is Cc1ccc(NC(=O)Cc2cnn(-c3ccccc3)c2)c(C)c1. The predicted octanol–water partition coefficient (Wildman–Crippen LogP) is 3.67. The van der Waals surface area contributed by atoms with E-state index >= 15 is 0 Å². The molecule has 1 amide bonds. The van der Waals surface area contributed by atoms with Gasteiger partial charge in [-0.05, 0) is 43.2 Å². The monoisotopic (exact) mass is 305 g/mol. The summed E-state index contributed by atoms with van der Waals surface area (Å²) in [5, 5.41) is 7.27. The molecule has 1 aromatic heterocycles. The van der Waals surface area contributed by atoms with Crippen molar-refractivity contribution in [1.82, 2.24) is 9.78 Å². The molecule has 0 atom stereocenters. The Labute approximate surface area is 135 Å². The molecule has 1 heterocycles. The first-order chi connectivity index (χ1) is 11.1. The normalized spacial score (nSPS) is 10.5. The van der Waals surface area contributed by atoms with Crippen molar-refractivity contribution in [2.75, 3.05) is 5.32 Å². The first-order valence-electron chi connectivity index (χ1n) is 7.58. The van der Waals surface area contributed by atoms with Crippen LogP contribution in [0.2, 0.25) is 0 Å². The Balaban J connectivity index is 1.68. The summed E-state index contributed by atoms with van der Waals surface area (Å²) in [5.74, 6) is -0.0374. The number of carbonyl (C=O) groups excluding carboxylic acids is 1. The highest BCUT2D eigenvalue weighted by Gasteiger charge is 2.08. The molecule has 3 aromatic rings. The van der Waals surface area contributed by atoms with Gasteiger partial charge < -0.3 is 5.32 Å². The van der Waals surface area contributed by atoms with Crippen LogP contribution in [0, 0.1) is 13.8 Å². The number of hydrogen-bond acceptors (Lipinski definition) is 2. The molecule has 23 heavy (non-hydrogen) atoms. The molecule has 0 bridgehead atoms. The molecule has 1 N–H and O–H groups in total. The first-order valence-corrected chi connectivity index (χ1v) is 7.58. The summed E-state index contributed by atoms with van der Waals surface area (Å²) in [6.45, 7) is 4.03. The molecular formula is C19H19N3O. The van der Waals surface area contributed by atoms with E-state index in [1.807, 2.05) is 62.5 Å². The highest BCUT2D eigenvalue weighted by molar-refractivity contribution is 5.92. The lowest BCUT2D eigenvalue weighted by molar-refractivity contribution is -0.115. The van der Waals surface area contributed by atoms with Crippen molar-refractivity contribution in [2.45, 2.75) is 20.3 Å².